The second-order valence-electron chi connectivity index (χ2n) is 4.40. The Hall–Kier alpha value is -2.14. The molecule has 0 aliphatic heterocycles. The van der Waals surface area contributed by atoms with Crippen molar-refractivity contribution in [3.05, 3.63) is 66.4 Å². The van der Waals surface area contributed by atoms with Crippen LogP contribution in [0.2, 0.25) is 0 Å². The number of halogens is 3. The quantitative estimate of drug-likeness (QED) is 0.626. The van der Waals surface area contributed by atoms with E-state index in [0.29, 0.717) is 10.6 Å². The van der Waals surface area contributed by atoms with Crippen LogP contribution in [-0.4, -0.2) is 4.98 Å². The highest BCUT2D eigenvalue weighted by molar-refractivity contribution is 7.18. The minimum atomic E-state index is -4.32. The van der Waals surface area contributed by atoms with Gasteiger partial charge < -0.3 is 0 Å². The fourth-order valence-electron chi connectivity index (χ4n) is 1.88. The molecular formula is C16H9F3NS. The second-order valence-corrected chi connectivity index (χ2v) is 5.40. The molecule has 1 nitrogen and oxygen atoms in total. The average molecular weight is 304 g/mol. The molecule has 2 aromatic carbocycles. The van der Waals surface area contributed by atoms with Crippen molar-refractivity contribution in [2.75, 3.05) is 0 Å². The molecule has 0 amide bonds. The molecule has 3 aromatic rings. The first kappa shape index (κ1) is 13.8. The van der Waals surface area contributed by atoms with E-state index in [0.717, 1.165) is 22.6 Å². The number of rotatable bonds is 2. The number of thiazole rings is 1. The molecule has 105 valence electrons. The van der Waals surface area contributed by atoms with Crippen molar-refractivity contribution >= 4 is 11.3 Å². The molecule has 0 aliphatic rings. The standard InChI is InChI=1S/C16H9F3NS/c17-16(18,19)13-8-6-12(7-9-13)15-20-10-14(21-15)11-4-2-1-3-5-11/h1-9H. The zero-order chi connectivity index (χ0) is 14.9. The summed E-state index contributed by atoms with van der Waals surface area (Å²) >= 11 is 1.40. The number of alkyl halides is 3. The van der Waals surface area contributed by atoms with Gasteiger partial charge in [0.05, 0.1) is 10.4 Å². The summed E-state index contributed by atoms with van der Waals surface area (Å²) in [7, 11) is 0. The number of aromatic nitrogens is 1. The second kappa shape index (κ2) is 5.33. The van der Waals surface area contributed by atoms with E-state index in [2.05, 4.69) is 11.2 Å². The SMILES string of the molecule is FC(F)(F)c1ccc(-c2n[c]c(-c3ccccc3)s2)cc1. The molecule has 1 radical (unpaired) electrons. The third-order valence-electron chi connectivity index (χ3n) is 2.95. The van der Waals surface area contributed by atoms with Crippen molar-refractivity contribution in [2.24, 2.45) is 0 Å². The lowest BCUT2D eigenvalue weighted by molar-refractivity contribution is -0.137. The van der Waals surface area contributed by atoms with Crippen LogP contribution < -0.4 is 0 Å². The molecule has 0 atom stereocenters. The number of hydrogen-bond acceptors (Lipinski definition) is 2. The maximum Gasteiger partial charge on any atom is 0.416 e. The van der Waals surface area contributed by atoms with Crippen molar-refractivity contribution in [3.8, 4) is 21.0 Å². The van der Waals surface area contributed by atoms with Crippen LogP contribution in [0.15, 0.2) is 54.6 Å². The van der Waals surface area contributed by atoms with Crippen LogP contribution in [-0.2, 0) is 6.18 Å². The maximum absolute atomic E-state index is 12.5. The van der Waals surface area contributed by atoms with Crippen LogP contribution in [0.5, 0.6) is 0 Å². The molecular weight excluding hydrogens is 295 g/mol. The van der Waals surface area contributed by atoms with Crippen LogP contribution >= 0.6 is 11.3 Å². The van der Waals surface area contributed by atoms with E-state index in [1.165, 1.54) is 23.5 Å². The van der Waals surface area contributed by atoms with Crippen molar-refractivity contribution in [2.45, 2.75) is 6.18 Å². The number of benzene rings is 2. The fraction of sp³-hybridized carbons (Fsp3) is 0.0625. The number of hydrogen-bond donors (Lipinski definition) is 0. The largest absolute Gasteiger partial charge is 0.416 e. The molecule has 1 heterocycles. The molecule has 1 aromatic heterocycles. The van der Waals surface area contributed by atoms with Gasteiger partial charge in [0.1, 0.15) is 11.2 Å². The summed E-state index contributed by atoms with van der Waals surface area (Å²) in [5.41, 5.74) is 0.995. The lowest BCUT2D eigenvalue weighted by Gasteiger charge is -2.06. The van der Waals surface area contributed by atoms with E-state index in [1.54, 1.807) is 0 Å². The minimum Gasteiger partial charge on any atom is -0.234 e. The van der Waals surface area contributed by atoms with Crippen LogP contribution in [0.25, 0.3) is 21.0 Å². The monoisotopic (exact) mass is 304 g/mol. The molecule has 3 rings (SSSR count). The van der Waals surface area contributed by atoms with Gasteiger partial charge in [-0.25, -0.2) is 4.98 Å². The average Bonchev–Trinajstić information content (AvgIpc) is 2.97. The summed E-state index contributed by atoms with van der Waals surface area (Å²) < 4.78 is 37.6. The van der Waals surface area contributed by atoms with Crippen LogP contribution in [0.1, 0.15) is 5.56 Å². The van der Waals surface area contributed by atoms with Gasteiger partial charge in [0.2, 0.25) is 0 Å². The van der Waals surface area contributed by atoms with Gasteiger partial charge in [0, 0.05) is 5.56 Å². The molecule has 0 unspecified atom stereocenters. The normalized spacial score (nSPS) is 11.6. The third kappa shape index (κ3) is 2.97. The topological polar surface area (TPSA) is 12.9 Å². The molecule has 5 heteroatoms. The van der Waals surface area contributed by atoms with Gasteiger partial charge in [-0.15, -0.1) is 11.3 Å². The molecule has 0 fully saturated rings. The first-order chi connectivity index (χ1) is 10.0. The highest BCUT2D eigenvalue weighted by Gasteiger charge is 2.30. The zero-order valence-corrected chi connectivity index (χ0v) is 11.5. The van der Waals surface area contributed by atoms with Crippen molar-refractivity contribution in [1.29, 1.82) is 0 Å². The Morgan fingerprint density at radius 1 is 0.857 bits per heavy atom. The van der Waals surface area contributed by atoms with E-state index < -0.39 is 11.7 Å². The van der Waals surface area contributed by atoms with Crippen molar-refractivity contribution in [1.82, 2.24) is 4.98 Å². The molecule has 0 bridgehead atoms. The van der Waals surface area contributed by atoms with Gasteiger partial charge in [-0.3, -0.25) is 0 Å². The first-order valence-corrected chi connectivity index (χ1v) is 6.97. The Bertz CT molecular complexity index is 730. The lowest BCUT2D eigenvalue weighted by Crippen LogP contribution is -2.03. The van der Waals surface area contributed by atoms with Crippen molar-refractivity contribution < 1.29 is 13.2 Å². The minimum absolute atomic E-state index is 0.655. The van der Waals surface area contributed by atoms with Gasteiger partial charge in [0.15, 0.2) is 0 Å². The van der Waals surface area contributed by atoms with Gasteiger partial charge in [-0.2, -0.15) is 13.2 Å². The highest BCUT2D eigenvalue weighted by Crippen LogP contribution is 2.34. The lowest BCUT2D eigenvalue weighted by atomic mass is 10.1. The van der Waals surface area contributed by atoms with Gasteiger partial charge in [0.25, 0.3) is 0 Å². The summed E-state index contributed by atoms with van der Waals surface area (Å²) in [5.74, 6) is 0. The van der Waals surface area contributed by atoms with Gasteiger partial charge >= 0.3 is 6.18 Å². The Labute approximate surface area is 123 Å². The Kier molecular flexibility index (Phi) is 3.51. The predicted octanol–water partition coefficient (Wildman–Crippen LogP) is 5.30. The predicted molar refractivity (Wildman–Crippen MR) is 76.8 cm³/mol. The summed E-state index contributed by atoms with van der Waals surface area (Å²) in [6.07, 6.45) is -1.41. The Morgan fingerprint density at radius 2 is 1.52 bits per heavy atom. The fourth-order valence-corrected chi connectivity index (χ4v) is 2.77. The van der Waals surface area contributed by atoms with E-state index in [4.69, 9.17) is 0 Å². The summed E-state index contributed by atoms with van der Waals surface area (Å²) in [4.78, 5) is 5.03. The molecule has 0 N–H and O–H groups in total. The third-order valence-corrected chi connectivity index (χ3v) is 4.00. The zero-order valence-electron chi connectivity index (χ0n) is 10.7. The van der Waals surface area contributed by atoms with Gasteiger partial charge in [-0.05, 0) is 17.7 Å². The summed E-state index contributed by atoms with van der Waals surface area (Å²) in [6, 6.07) is 14.6. The van der Waals surface area contributed by atoms with E-state index >= 15 is 0 Å². The summed E-state index contributed by atoms with van der Waals surface area (Å²) in [5, 5.41) is 0.655. The Balaban J connectivity index is 1.90. The van der Waals surface area contributed by atoms with E-state index in [1.807, 2.05) is 30.3 Å². The maximum atomic E-state index is 12.5. The molecule has 0 aliphatic carbocycles. The van der Waals surface area contributed by atoms with Gasteiger partial charge in [-0.1, -0.05) is 42.5 Å². The number of nitrogens with zero attached hydrogens (tertiary/aromatic N) is 1. The first-order valence-electron chi connectivity index (χ1n) is 6.15. The van der Waals surface area contributed by atoms with E-state index in [-0.39, 0.29) is 0 Å². The smallest absolute Gasteiger partial charge is 0.234 e. The van der Waals surface area contributed by atoms with Crippen LogP contribution in [0, 0.1) is 6.20 Å². The van der Waals surface area contributed by atoms with Crippen LogP contribution in [0.3, 0.4) is 0 Å². The molecule has 0 saturated carbocycles. The highest BCUT2D eigenvalue weighted by atomic mass is 32.1. The van der Waals surface area contributed by atoms with E-state index in [9.17, 15) is 13.2 Å². The summed E-state index contributed by atoms with van der Waals surface area (Å²) in [6.45, 7) is 0. The molecule has 21 heavy (non-hydrogen) atoms. The van der Waals surface area contributed by atoms with Crippen LogP contribution in [0.4, 0.5) is 13.2 Å². The molecule has 0 spiro atoms. The molecule has 0 saturated heterocycles. The Morgan fingerprint density at radius 3 is 2.14 bits per heavy atom. The van der Waals surface area contributed by atoms with Crippen molar-refractivity contribution in [3.63, 3.8) is 0 Å².